The van der Waals surface area contributed by atoms with Crippen molar-refractivity contribution in [1.29, 1.82) is 0 Å². The molecular formula is C16H22N2O3. The number of hydrogen-bond acceptors (Lipinski definition) is 4. The molecule has 2 rings (SSSR count). The zero-order chi connectivity index (χ0) is 15.6. The van der Waals surface area contributed by atoms with E-state index in [-0.39, 0.29) is 5.91 Å². The van der Waals surface area contributed by atoms with Gasteiger partial charge in [-0.1, -0.05) is 30.3 Å². The van der Waals surface area contributed by atoms with E-state index in [2.05, 4.69) is 0 Å². The van der Waals surface area contributed by atoms with Gasteiger partial charge in [-0.05, 0) is 32.8 Å². The topological polar surface area (TPSA) is 72.6 Å². The summed E-state index contributed by atoms with van der Waals surface area (Å²) in [6.45, 7) is 5.90. The predicted octanol–water partition coefficient (Wildman–Crippen LogP) is 1.63. The van der Waals surface area contributed by atoms with Gasteiger partial charge in [-0.2, -0.15) is 0 Å². The second-order valence-corrected chi connectivity index (χ2v) is 6.27. The molecule has 5 nitrogen and oxygen atoms in total. The summed E-state index contributed by atoms with van der Waals surface area (Å²) in [4.78, 5) is 26.2. The van der Waals surface area contributed by atoms with Gasteiger partial charge >= 0.3 is 5.97 Å². The van der Waals surface area contributed by atoms with E-state index in [1.165, 1.54) is 4.90 Å². The molecule has 1 aromatic rings. The van der Waals surface area contributed by atoms with Crippen LogP contribution in [0.4, 0.5) is 0 Å². The molecule has 0 aromatic heterocycles. The van der Waals surface area contributed by atoms with Gasteiger partial charge in [0.25, 0.3) is 0 Å². The molecule has 114 valence electrons. The molecule has 1 aromatic carbocycles. The summed E-state index contributed by atoms with van der Waals surface area (Å²) in [7, 11) is 0. The lowest BCUT2D eigenvalue weighted by molar-refractivity contribution is -0.164. The smallest absolute Gasteiger partial charge is 0.334 e. The molecule has 1 aliphatic heterocycles. The number of rotatable bonds is 3. The average Bonchev–Trinajstić information content (AvgIpc) is 2.71. The van der Waals surface area contributed by atoms with Gasteiger partial charge in [0.05, 0.1) is 6.04 Å². The Morgan fingerprint density at radius 2 is 1.95 bits per heavy atom. The lowest BCUT2D eigenvalue weighted by atomic mass is 10.1. The van der Waals surface area contributed by atoms with Crippen LogP contribution in [-0.4, -0.2) is 35.0 Å². The van der Waals surface area contributed by atoms with Crippen LogP contribution in [0.25, 0.3) is 0 Å². The molecule has 5 heteroatoms. The number of likely N-dealkylation sites (tertiary alicyclic amines) is 1. The van der Waals surface area contributed by atoms with Crippen LogP contribution in [0.15, 0.2) is 30.3 Å². The van der Waals surface area contributed by atoms with Crippen molar-refractivity contribution in [1.82, 2.24) is 4.90 Å². The maximum atomic E-state index is 12.5. The maximum Gasteiger partial charge on any atom is 0.334 e. The minimum atomic E-state index is -0.730. The molecule has 1 fully saturated rings. The fourth-order valence-corrected chi connectivity index (χ4v) is 2.42. The maximum absolute atomic E-state index is 12.5. The standard InChI is InChI=1S/C16H22N2O3/c1-16(2,3)21-15(20)13(11-7-5-4-6-8-11)18-10-9-12(17)14(18)19/h4-8,12-13H,9-10,17H2,1-3H3/t12-,13-/m0/s1. The van der Waals surface area contributed by atoms with Gasteiger partial charge < -0.3 is 15.4 Å². The van der Waals surface area contributed by atoms with Crippen LogP contribution in [0.5, 0.6) is 0 Å². The first-order chi connectivity index (χ1) is 9.79. The van der Waals surface area contributed by atoms with E-state index in [0.717, 1.165) is 5.56 Å². The van der Waals surface area contributed by atoms with E-state index < -0.39 is 23.7 Å². The predicted molar refractivity (Wildman–Crippen MR) is 79.3 cm³/mol. The number of nitrogens with two attached hydrogens (primary N) is 1. The number of benzene rings is 1. The molecule has 0 saturated carbocycles. The minimum Gasteiger partial charge on any atom is -0.458 e. The van der Waals surface area contributed by atoms with Crippen LogP contribution in [0, 0.1) is 0 Å². The summed E-state index contributed by atoms with van der Waals surface area (Å²) in [6.07, 6.45) is 0.560. The van der Waals surface area contributed by atoms with Crippen LogP contribution < -0.4 is 5.73 Å². The Balaban J connectivity index is 2.32. The summed E-state index contributed by atoms with van der Waals surface area (Å²) < 4.78 is 5.48. The molecule has 0 spiro atoms. The Hall–Kier alpha value is -1.88. The lowest BCUT2D eigenvalue weighted by Gasteiger charge is -2.30. The Labute approximate surface area is 125 Å². The van der Waals surface area contributed by atoms with Crippen molar-refractivity contribution in [3.05, 3.63) is 35.9 Å². The van der Waals surface area contributed by atoms with Gasteiger partial charge in [0.2, 0.25) is 5.91 Å². The van der Waals surface area contributed by atoms with E-state index in [1.807, 2.05) is 51.1 Å². The summed E-state index contributed by atoms with van der Waals surface area (Å²) in [5.74, 6) is -0.620. The lowest BCUT2D eigenvalue weighted by Crippen LogP contribution is -2.42. The third kappa shape index (κ3) is 3.61. The second kappa shape index (κ2) is 5.85. The molecule has 21 heavy (non-hydrogen) atoms. The van der Waals surface area contributed by atoms with E-state index >= 15 is 0 Å². The SMILES string of the molecule is CC(C)(C)OC(=O)[C@H](c1ccccc1)N1CC[C@H](N)C1=O. The number of esters is 1. The third-order valence-electron chi connectivity index (χ3n) is 3.34. The van der Waals surface area contributed by atoms with Gasteiger partial charge in [-0.15, -0.1) is 0 Å². The third-order valence-corrected chi connectivity index (χ3v) is 3.34. The molecule has 0 radical (unpaired) electrons. The van der Waals surface area contributed by atoms with Crippen LogP contribution in [0.3, 0.4) is 0 Å². The van der Waals surface area contributed by atoms with Crippen molar-refractivity contribution in [2.24, 2.45) is 5.73 Å². The van der Waals surface area contributed by atoms with Gasteiger partial charge in [0, 0.05) is 6.54 Å². The number of nitrogens with zero attached hydrogens (tertiary/aromatic N) is 1. The van der Waals surface area contributed by atoms with E-state index in [9.17, 15) is 9.59 Å². The summed E-state index contributed by atoms with van der Waals surface area (Å²) in [5, 5.41) is 0. The Morgan fingerprint density at radius 3 is 2.43 bits per heavy atom. The van der Waals surface area contributed by atoms with Crippen LogP contribution in [0.2, 0.25) is 0 Å². The van der Waals surface area contributed by atoms with Crippen molar-refractivity contribution in [3.63, 3.8) is 0 Å². The highest BCUT2D eigenvalue weighted by Gasteiger charge is 2.39. The fraction of sp³-hybridized carbons (Fsp3) is 0.500. The quantitative estimate of drug-likeness (QED) is 0.859. The van der Waals surface area contributed by atoms with Gasteiger partial charge in [-0.3, -0.25) is 4.79 Å². The zero-order valence-corrected chi connectivity index (χ0v) is 12.7. The largest absolute Gasteiger partial charge is 0.458 e. The molecule has 1 saturated heterocycles. The number of hydrogen-bond donors (Lipinski definition) is 1. The van der Waals surface area contributed by atoms with Crippen molar-refractivity contribution >= 4 is 11.9 Å². The second-order valence-electron chi connectivity index (χ2n) is 6.27. The number of ether oxygens (including phenoxy) is 1. The normalized spacial score (nSPS) is 20.5. The Morgan fingerprint density at radius 1 is 1.33 bits per heavy atom. The molecule has 1 aliphatic rings. The van der Waals surface area contributed by atoms with Crippen molar-refractivity contribution in [3.8, 4) is 0 Å². The first-order valence-electron chi connectivity index (χ1n) is 7.13. The van der Waals surface area contributed by atoms with Crippen LogP contribution >= 0.6 is 0 Å². The first-order valence-corrected chi connectivity index (χ1v) is 7.13. The first kappa shape index (κ1) is 15.5. The Bertz CT molecular complexity index is 522. The van der Waals surface area contributed by atoms with Gasteiger partial charge in [-0.25, -0.2) is 4.79 Å². The van der Waals surface area contributed by atoms with Crippen molar-refractivity contribution < 1.29 is 14.3 Å². The number of carbonyl (C=O) groups excluding carboxylic acids is 2. The highest BCUT2D eigenvalue weighted by Crippen LogP contribution is 2.28. The fourth-order valence-electron chi connectivity index (χ4n) is 2.42. The zero-order valence-electron chi connectivity index (χ0n) is 12.7. The molecule has 2 atom stereocenters. The highest BCUT2D eigenvalue weighted by molar-refractivity contribution is 5.89. The highest BCUT2D eigenvalue weighted by atomic mass is 16.6. The monoisotopic (exact) mass is 290 g/mol. The summed E-state index contributed by atoms with van der Waals surface area (Å²) >= 11 is 0. The molecule has 0 unspecified atom stereocenters. The van der Waals surface area contributed by atoms with Crippen LogP contribution in [0.1, 0.15) is 38.8 Å². The van der Waals surface area contributed by atoms with Crippen molar-refractivity contribution in [2.75, 3.05) is 6.54 Å². The summed E-state index contributed by atoms with van der Waals surface area (Å²) in [6, 6.07) is 7.94. The van der Waals surface area contributed by atoms with E-state index in [1.54, 1.807) is 0 Å². The molecule has 2 N–H and O–H groups in total. The molecular weight excluding hydrogens is 268 g/mol. The number of amides is 1. The van der Waals surface area contributed by atoms with E-state index in [0.29, 0.717) is 13.0 Å². The van der Waals surface area contributed by atoms with Gasteiger partial charge in [0.1, 0.15) is 5.60 Å². The number of carbonyl (C=O) groups is 2. The van der Waals surface area contributed by atoms with E-state index in [4.69, 9.17) is 10.5 Å². The van der Waals surface area contributed by atoms with Gasteiger partial charge in [0.15, 0.2) is 6.04 Å². The Kier molecular flexibility index (Phi) is 4.32. The average molecular weight is 290 g/mol. The minimum absolute atomic E-state index is 0.199. The van der Waals surface area contributed by atoms with Crippen molar-refractivity contribution in [2.45, 2.75) is 44.9 Å². The molecule has 0 bridgehead atoms. The molecule has 1 amide bonds. The summed E-state index contributed by atoms with van der Waals surface area (Å²) in [5.41, 5.74) is 5.91. The molecule has 1 heterocycles. The molecule has 0 aliphatic carbocycles. The van der Waals surface area contributed by atoms with Crippen LogP contribution in [-0.2, 0) is 14.3 Å².